The van der Waals surface area contributed by atoms with Gasteiger partial charge in [0.25, 0.3) is 0 Å². The molecule has 1 rings (SSSR count). The molecule has 0 spiro atoms. The maximum absolute atomic E-state index is 3.98. The minimum Gasteiger partial charge on any atom is -0.517 e. The predicted molar refractivity (Wildman–Crippen MR) is 41.1 cm³/mol. The van der Waals surface area contributed by atoms with Crippen LogP contribution in [0.3, 0.4) is 0 Å². The Balaban J connectivity index is 2.65. The molecule has 1 aromatic rings. The van der Waals surface area contributed by atoms with Crippen LogP contribution < -0.4 is 0 Å². The van der Waals surface area contributed by atoms with E-state index in [4.69, 9.17) is 0 Å². The lowest BCUT2D eigenvalue weighted by Crippen LogP contribution is -2.16. The van der Waals surface area contributed by atoms with Crippen molar-refractivity contribution < 1.29 is 0 Å². The highest BCUT2D eigenvalue weighted by atomic mass is 15.0. The van der Waals surface area contributed by atoms with E-state index in [1.54, 1.807) is 0 Å². The van der Waals surface area contributed by atoms with Crippen LogP contribution in [0.4, 0.5) is 0 Å². The molecule has 0 bridgehead atoms. The summed E-state index contributed by atoms with van der Waals surface area (Å²) in [5.74, 6) is 0. The fourth-order valence-corrected chi connectivity index (χ4v) is 0.864. The molecule has 1 atom stereocenters. The quantitative estimate of drug-likeness (QED) is 0.538. The zero-order valence-corrected chi connectivity index (χ0v) is 6.04. The second-order valence-corrected chi connectivity index (χ2v) is 2.62. The zero-order valence-electron chi connectivity index (χ0n) is 6.04. The Morgan fingerprint density at radius 1 is 1.67 bits per heavy atom. The highest BCUT2D eigenvalue weighted by Crippen LogP contribution is 1.94. The smallest absolute Gasteiger partial charge is 0.0755 e. The molecule has 0 aliphatic carbocycles. The van der Waals surface area contributed by atoms with E-state index in [-0.39, 0.29) is 6.85 Å². The fraction of sp³-hybridized carbons (Fsp3) is 0.500. The molecule has 50 valence electrons. The van der Waals surface area contributed by atoms with Gasteiger partial charge < -0.3 is 4.48 Å². The van der Waals surface area contributed by atoms with Gasteiger partial charge in [-0.05, 0) is 6.20 Å². The van der Waals surface area contributed by atoms with Crippen LogP contribution in [0.25, 0.3) is 0 Å². The number of hydrogen-bond acceptors (Lipinski definition) is 1. The normalized spacial score (nSPS) is 13.6. The van der Waals surface area contributed by atoms with Gasteiger partial charge in [0.05, 0.1) is 13.2 Å². The Morgan fingerprint density at radius 3 is 2.89 bits per heavy atom. The largest absolute Gasteiger partial charge is 0.517 e. The van der Waals surface area contributed by atoms with Gasteiger partial charge in [-0.2, -0.15) is 13.1 Å². The highest BCUT2D eigenvalue weighted by Gasteiger charge is 1.91. The van der Waals surface area contributed by atoms with Crippen molar-refractivity contribution in [3.63, 3.8) is 0 Å². The first kappa shape index (κ1) is 6.40. The number of hydrogen-bond donors (Lipinski definition) is 0. The summed E-state index contributed by atoms with van der Waals surface area (Å²) in [5, 5.41) is 0. The molecule has 1 aromatic heterocycles. The van der Waals surface area contributed by atoms with E-state index in [9.17, 15) is 0 Å². The summed E-state index contributed by atoms with van der Waals surface area (Å²) in [5.41, 5.74) is 0. The summed E-state index contributed by atoms with van der Waals surface area (Å²) in [6, 6.07) is 0. The van der Waals surface area contributed by atoms with Crippen molar-refractivity contribution in [3.05, 3.63) is 18.7 Å². The van der Waals surface area contributed by atoms with Crippen molar-refractivity contribution in [2.75, 3.05) is 0 Å². The van der Waals surface area contributed by atoms with E-state index in [0.717, 1.165) is 0 Å². The molecule has 0 aromatic carbocycles. The van der Waals surface area contributed by atoms with Gasteiger partial charge >= 0.3 is 0 Å². The maximum atomic E-state index is 3.98. The van der Waals surface area contributed by atoms with Crippen LogP contribution in [0.1, 0.15) is 6.92 Å². The van der Waals surface area contributed by atoms with Crippen molar-refractivity contribution in [2.24, 2.45) is 0 Å². The average molecular weight is 123 g/mol. The Kier molecular flexibility index (Phi) is 1.93. The average Bonchev–Trinajstić information content (AvgIpc) is 2.37. The van der Waals surface area contributed by atoms with Crippen LogP contribution in [0.15, 0.2) is 18.7 Å². The Labute approximate surface area is 56.0 Å². The Hall–Kier alpha value is -0.725. The van der Waals surface area contributed by atoms with E-state index in [1.165, 1.54) is 6.32 Å². The van der Waals surface area contributed by atoms with Crippen LogP contribution in [0.5, 0.6) is 0 Å². The zero-order chi connectivity index (χ0) is 6.69. The van der Waals surface area contributed by atoms with E-state index >= 15 is 0 Å². The molecule has 0 fully saturated rings. The van der Waals surface area contributed by atoms with Gasteiger partial charge in [-0.25, -0.2) is 4.98 Å². The second-order valence-electron chi connectivity index (χ2n) is 2.62. The van der Waals surface area contributed by atoms with Gasteiger partial charge in [0, 0.05) is 6.20 Å². The van der Waals surface area contributed by atoms with Gasteiger partial charge in [0.15, 0.2) is 0 Å². The van der Waals surface area contributed by atoms with E-state index < -0.39 is 0 Å². The van der Waals surface area contributed by atoms with Crippen molar-refractivity contribution in [3.8, 4) is 0 Å². The van der Waals surface area contributed by atoms with Crippen LogP contribution in [0, 0.1) is 0 Å². The van der Waals surface area contributed by atoms with E-state index in [0.29, 0.717) is 0 Å². The molecular formula is C6H12BN2-. The minimum absolute atomic E-state index is 0.146. The third-order valence-electron chi connectivity index (χ3n) is 1.91. The molecular weight excluding hydrogens is 111 g/mol. The lowest BCUT2D eigenvalue weighted by Gasteiger charge is -2.15. The Bertz CT molecular complexity index is 160. The van der Waals surface area contributed by atoms with Gasteiger partial charge in [0.2, 0.25) is 0 Å². The number of aromatic nitrogens is 2. The SMILES string of the molecule is CC[BH-](C)n1ccnc1. The number of imidazole rings is 1. The molecule has 1 unspecified atom stereocenters. The molecule has 1 heterocycles. The molecule has 2 nitrogen and oxygen atoms in total. The summed E-state index contributed by atoms with van der Waals surface area (Å²) < 4.78 is 2.19. The maximum Gasteiger partial charge on any atom is 0.0755 e. The monoisotopic (exact) mass is 123 g/mol. The van der Waals surface area contributed by atoms with Crippen molar-refractivity contribution >= 4 is 6.85 Å². The summed E-state index contributed by atoms with van der Waals surface area (Å²) in [4.78, 5) is 3.98. The van der Waals surface area contributed by atoms with Crippen LogP contribution in [0.2, 0.25) is 13.1 Å². The molecule has 0 radical (unpaired) electrons. The summed E-state index contributed by atoms with van der Waals surface area (Å²) in [6.45, 7) is 4.33. The van der Waals surface area contributed by atoms with Crippen LogP contribution >= 0.6 is 0 Å². The number of rotatable bonds is 2. The lowest BCUT2D eigenvalue weighted by molar-refractivity contribution is 1.13. The van der Waals surface area contributed by atoms with Crippen molar-refractivity contribution in [2.45, 2.75) is 20.1 Å². The van der Waals surface area contributed by atoms with Crippen LogP contribution in [-0.4, -0.2) is 16.3 Å². The van der Waals surface area contributed by atoms with Gasteiger partial charge in [0.1, 0.15) is 0 Å². The predicted octanol–water partition coefficient (Wildman–Crippen LogP) is 1.10. The third kappa shape index (κ3) is 1.34. The Morgan fingerprint density at radius 2 is 2.44 bits per heavy atom. The molecule has 3 heteroatoms. The molecule has 0 aliphatic heterocycles. The first-order chi connectivity index (χ1) is 4.34. The van der Waals surface area contributed by atoms with Crippen molar-refractivity contribution in [1.29, 1.82) is 0 Å². The summed E-state index contributed by atoms with van der Waals surface area (Å²) in [6.07, 6.45) is 7.00. The topological polar surface area (TPSA) is 17.8 Å². The van der Waals surface area contributed by atoms with Gasteiger partial charge in [-0.15, -0.1) is 0 Å². The fourth-order valence-electron chi connectivity index (χ4n) is 0.864. The molecule has 0 aliphatic rings. The molecule has 0 amide bonds. The second kappa shape index (κ2) is 2.71. The summed E-state index contributed by atoms with van der Waals surface area (Å²) in [7, 11) is 0. The van der Waals surface area contributed by atoms with Gasteiger partial charge in [-0.3, -0.25) is 0 Å². The molecule has 0 N–H and O–H groups in total. The van der Waals surface area contributed by atoms with E-state index in [1.807, 2.05) is 18.7 Å². The highest BCUT2D eigenvalue weighted by molar-refractivity contribution is 6.55. The van der Waals surface area contributed by atoms with Gasteiger partial charge in [-0.1, -0.05) is 6.92 Å². The lowest BCUT2D eigenvalue weighted by atomic mass is 9.62. The first-order valence-corrected chi connectivity index (χ1v) is 3.60. The molecule has 0 saturated heterocycles. The molecule has 0 saturated carbocycles. The standard InChI is InChI=1S/C6H12BN2/c1-3-7(2)9-5-4-8-6-9/h4-7H,3H2,1-2H3/q-1. The van der Waals surface area contributed by atoms with Crippen molar-refractivity contribution in [1.82, 2.24) is 9.46 Å². The minimum atomic E-state index is -0.146. The summed E-state index contributed by atoms with van der Waals surface area (Å²) >= 11 is 0. The third-order valence-corrected chi connectivity index (χ3v) is 1.91. The van der Waals surface area contributed by atoms with Crippen LogP contribution in [-0.2, 0) is 0 Å². The first-order valence-electron chi connectivity index (χ1n) is 3.60. The van der Waals surface area contributed by atoms with E-state index in [2.05, 4.69) is 23.2 Å². The number of nitrogens with zero attached hydrogens (tertiary/aromatic N) is 2. The molecule has 9 heavy (non-hydrogen) atoms.